The fraction of sp³-hybridized carbons (Fsp3) is 0.286. The van der Waals surface area contributed by atoms with Crippen molar-refractivity contribution in [1.82, 2.24) is 9.78 Å². The molecule has 0 fully saturated rings. The van der Waals surface area contributed by atoms with Crippen LogP contribution in [0.2, 0.25) is 0 Å². The van der Waals surface area contributed by atoms with E-state index in [9.17, 15) is 4.79 Å². The smallest absolute Gasteiger partial charge is 0.338 e. The maximum Gasteiger partial charge on any atom is 0.338 e. The summed E-state index contributed by atoms with van der Waals surface area (Å²) in [6, 6.07) is 5.17. The SMILES string of the molecule is Cc1cc(N)cc(C(=O)OCc2c(Br)c(C)nn2C)c1. The van der Waals surface area contributed by atoms with Crippen molar-refractivity contribution in [1.29, 1.82) is 0 Å². The molecule has 0 aliphatic rings. The number of aromatic nitrogens is 2. The third-order valence-electron chi connectivity index (χ3n) is 2.94. The monoisotopic (exact) mass is 337 g/mol. The van der Waals surface area contributed by atoms with Crippen LogP contribution in [0.3, 0.4) is 0 Å². The number of aryl methyl sites for hydroxylation is 3. The number of nitrogens with two attached hydrogens (primary N) is 1. The van der Waals surface area contributed by atoms with E-state index in [4.69, 9.17) is 10.5 Å². The fourth-order valence-electron chi connectivity index (χ4n) is 1.98. The van der Waals surface area contributed by atoms with Crippen LogP contribution >= 0.6 is 15.9 Å². The van der Waals surface area contributed by atoms with Gasteiger partial charge in [0.25, 0.3) is 0 Å². The lowest BCUT2D eigenvalue weighted by Gasteiger charge is -2.07. The van der Waals surface area contributed by atoms with Crippen LogP contribution in [0, 0.1) is 13.8 Å². The number of carbonyl (C=O) groups is 1. The normalized spacial score (nSPS) is 10.6. The molecular weight excluding hydrogens is 322 g/mol. The Bertz CT molecular complexity index is 644. The quantitative estimate of drug-likeness (QED) is 0.690. The Balaban J connectivity index is 2.12. The Labute approximate surface area is 125 Å². The molecule has 2 N–H and O–H groups in total. The molecule has 0 radical (unpaired) electrons. The number of anilines is 1. The molecule has 106 valence electrons. The topological polar surface area (TPSA) is 70.1 Å². The van der Waals surface area contributed by atoms with E-state index in [2.05, 4.69) is 21.0 Å². The Morgan fingerprint density at radius 1 is 1.40 bits per heavy atom. The van der Waals surface area contributed by atoms with Gasteiger partial charge in [-0.25, -0.2) is 4.79 Å². The third kappa shape index (κ3) is 3.01. The molecule has 0 unspecified atom stereocenters. The van der Waals surface area contributed by atoms with Crippen molar-refractivity contribution < 1.29 is 9.53 Å². The van der Waals surface area contributed by atoms with Crippen LogP contribution in [0.1, 0.15) is 27.3 Å². The van der Waals surface area contributed by atoms with Gasteiger partial charge in [0.15, 0.2) is 0 Å². The van der Waals surface area contributed by atoms with E-state index >= 15 is 0 Å². The van der Waals surface area contributed by atoms with Gasteiger partial charge in [0.2, 0.25) is 0 Å². The van der Waals surface area contributed by atoms with Crippen molar-refractivity contribution in [2.45, 2.75) is 20.5 Å². The molecule has 2 aromatic rings. The second kappa shape index (κ2) is 5.66. The van der Waals surface area contributed by atoms with Gasteiger partial charge in [-0.15, -0.1) is 0 Å². The predicted molar refractivity (Wildman–Crippen MR) is 80.4 cm³/mol. The maximum absolute atomic E-state index is 12.0. The van der Waals surface area contributed by atoms with E-state index in [1.807, 2.05) is 20.9 Å². The van der Waals surface area contributed by atoms with Crippen LogP contribution < -0.4 is 5.73 Å². The summed E-state index contributed by atoms with van der Waals surface area (Å²) in [7, 11) is 1.81. The number of carbonyl (C=O) groups excluding carboxylic acids is 1. The third-order valence-corrected chi connectivity index (χ3v) is 3.97. The molecule has 0 saturated heterocycles. The summed E-state index contributed by atoms with van der Waals surface area (Å²) in [6.45, 7) is 3.93. The Hall–Kier alpha value is -1.82. The van der Waals surface area contributed by atoms with Crippen molar-refractivity contribution in [3.05, 3.63) is 45.2 Å². The van der Waals surface area contributed by atoms with Crippen LogP contribution in [-0.2, 0) is 18.4 Å². The highest BCUT2D eigenvalue weighted by Crippen LogP contribution is 2.21. The molecule has 0 aliphatic heterocycles. The molecule has 2 rings (SSSR count). The number of halogens is 1. The van der Waals surface area contributed by atoms with E-state index in [0.717, 1.165) is 21.4 Å². The summed E-state index contributed by atoms with van der Waals surface area (Å²) in [5.41, 5.74) is 9.33. The first-order valence-electron chi connectivity index (χ1n) is 6.10. The molecule has 0 atom stereocenters. The number of rotatable bonds is 3. The van der Waals surface area contributed by atoms with E-state index < -0.39 is 5.97 Å². The molecular formula is C14H16BrN3O2. The number of nitrogens with zero attached hydrogens (tertiary/aromatic N) is 2. The number of nitrogen functional groups attached to an aromatic ring is 1. The average Bonchev–Trinajstić information content (AvgIpc) is 2.60. The van der Waals surface area contributed by atoms with Gasteiger partial charge in [-0.3, -0.25) is 4.68 Å². The van der Waals surface area contributed by atoms with Crippen LogP contribution in [0.5, 0.6) is 0 Å². The van der Waals surface area contributed by atoms with E-state index in [0.29, 0.717) is 11.3 Å². The van der Waals surface area contributed by atoms with Crippen LogP contribution in [0.25, 0.3) is 0 Å². The maximum atomic E-state index is 12.0. The van der Waals surface area contributed by atoms with E-state index in [1.54, 1.807) is 22.9 Å². The van der Waals surface area contributed by atoms with Gasteiger partial charge in [-0.1, -0.05) is 0 Å². The largest absolute Gasteiger partial charge is 0.456 e. The van der Waals surface area contributed by atoms with Crippen LogP contribution in [0.15, 0.2) is 22.7 Å². The molecule has 0 amide bonds. The molecule has 0 aliphatic carbocycles. The molecule has 1 aromatic heterocycles. The van der Waals surface area contributed by atoms with Crippen molar-refractivity contribution in [3.63, 3.8) is 0 Å². The summed E-state index contributed by atoms with van der Waals surface area (Å²) >= 11 is 3.44. The van der Waals surface area contributed by atoms with Gasteiger partial charge >= 0.3 is 5.97 Å². The Morgan fingerprint density at radius 2 is 2.10 bits per heavy atom. The summed E-state index contributed by atoms with van der Waals surface area (Å²) in [5, 5.41) is 4.25. The molecule has 1 heterocycles. The highest BCUT2D eigenvalue weighted by atomic mass is 79.9. The van der Waals surface area contributed by atoms with Crippen molar-refractivity contribution in [3.8, 4) is 0 Å². The Morgan fingerprint density at radius 3 is 2.65 bits per heavy atom. The van der Waals surface area contributed by atoms with Gasteiger partial charge in [-0.2, -0.15) is 5.10 Å². The lowest BCUT2D eigenvalue weighted by molar-refractivity contribution is 0.0462. The summed E-state index contributed by atoms with van der Waals surface area (Å²) < 4.78 is 7.86. The minimum atomic E-state index is -0.397. The zero-order valence-electron chi connectivity index (χ0n) is 11.6. The molecule has 0 bridgehead atoms. The number of esters is 1. The van der Waals surface area contributed by atoms with Crippen molar-refractivity contribution in [2.75, 3.05) is 5.73 Å². The zero-order chi connectivity index (χ0) is 14.9. The second-order valence-electron chi connectivity index (χ2n) is 4.68. The average molecular weight is 338 g/mol. The first kappa shape index (κ1) is 14.6. The summed E-state index contributed by atoms with van der Waals surface area (Å²) in [4.78, 5) is 12.0. The molecule has 5 nitrogen and oxygen atoms in total. The Kier molecular flexibility index (Phi) is 4.13. The summed E-state index contributed by atoms with van der Waals surface area (Å²) in [5.74, 6) is -0.397. The number of hydrogen-bond acceptors (Lipinski definition) is 4. The molecule has 6 heteroatoms. The number of hydrogen-bond donors (Lipinski definition) is 1. The first-order chi connectivity index (χ1) is 9.38. The highest BCUT2D eigenvalue weighted by molar-refractivity contribution is 9.10. The second-order valence-corrected chi connectivity index (χ2v) is 5.47. The lowest BCUT2D eigenvalue weighted by atomic mass is 10.1. The van der Waals surface area contributed by atoms with Gasteiger partial charge in [-0.05, 0) is 53.5 Å². The highest BCUT2D eigenvalue weighted by Gasteiger charge is 2.14. The van der Waals surface area contributed by atoms with E-state index in [-0.39, 0.29) is 6.61 Å². The number of ether oxygens (including phenoxy) is 1. The van der Waals surface area contributed by atoms with Gasteiger partial charge in [0.05, 0.1) is 21.4 Å². The lowest BCUT2D eigenvalue weighted by Crippen LogP contribution is -2.09. The first-order valence-corrected chi connectivity index (χ1v) is 6.90. The van der Waals surface area contributed by atoms with Crippen LogP contribution in [-0.4, -0.2) is 15.7 Å². The molecule has 1 aromatic carbocycles. The van der Waals surface area contributed by atoms with Gasteiger partial charge in [0.1, 0.15) is 6.61 Å². The van der Waals surface area contributed by atoms with Gasteiger partial charge in [0, 0.05) is 12.7 Å². The predicted octanol–water partition coefficient (Wildman–Crippen LogP) is 2.74. The summed E-state index contributed by atoms with van der Waals surface area (Å²) in [6.07, 6.45) is 0. The molecule has 0 spiro atoms. The molecule has 20 heavy (non-hydrogen) atoms. The van der Waals surface area contributed by atoms with E-state index in [1.165, 1.54) is 0 Å². The van der Waals surface area contributed by atoms with Crippen molar-refractivity contribution in [2.24, 2.45) is 7.05 Å². The molecule has 0 saturated carbocycles. The minimum absolute atomic E-state index is 0.157. The standard InChI is InChI=1S/C14H16BrN3O2/c1-8-4-10(6-11(16)5-8)14(19)20-7-12-13(15)9(2)17-18(12)3/h4-6H,7,16H2,1-3H3. The van der Waals surface area contributed by atoms with Crippen LogP contribution in [0.4, 0.5) is 5.69 Å². The minimum Gasteiger partial charge on any atom is -0.456 e. The zero-order valence-corrected chi connectivity index (χ0v) is 13.2. The van der Waals surface area contributed by atoms with Crippen molar-refractivity contribution >= 4 is 27.6 Å². The van der Waals surface area contributed by atoms with Gasteiger partial charge < -0.3 is 10.5 Å². The number of benzene rings is 1. The fourth-order valence-corrected chi connectivity index (χ4v) is 2.44.